The van der Waals surface area contributed by atoms with E-state index in [-0.39, 0.29) is 5.84 Å². The molecule has 2 aromatic rings. The van der Waals surface area contributed by atoms with Crippen molar-refractivity contribution in [1.29, 1.82) is 5.41 Å². The van der Waals surface area contributed by atoms with E-state index >= 15 is 0 Å². The molecule has 5 nitrogen and oxygen atoms in total. The fraction of sp³-hybridized carbons (Fsp3) is 0.182. The van der Waals surface area contributed by atoms with Crippen LogP contribution in [0.25, 0.3) is 0 Å². The molecule has 2 rings (SSSR count). The van der Waals surface area contributed by atoms with Gasteiger partial charge in [0.05, 0.1) is 0 Å². The lowest BCUT2D eigenvalue weighted by atomic mass is 10.1. The van der Waals surface area contributed by atoms with Crippen LogP contribution in [0.3, 0.4) is 0 Å². The average Bonchev–Trinajstić information content (AvgIpc) is 2.73. The topological polar surface area (TPSA) is 88.8 Å². The maximum Gasteiger partial charge on any atom is 0.276 e. The van der Waals surface area contributed by atoms with Crippen LogP contribution in [0.1, 0.15) is 17.0 Å². The van der Waals surface area contributed by atoms with Gasteiger partial charge in [0.15, 0.2) is 0 Å². The van der Waals surface area contributed by atoms with Gasteiger partial charge in [-0.1, -0.05) is 23.9 Å². The van der Waals surface area contributed by atoms with Gasteiger partial charge in [0.2, 0.25) is 5.89 Å². The molecular formula is C11H11FN4OS. The Kier molecular flexibility index (Phi) is 3.61. The summed E-state index contributed by atoms with van der Waals surface area (Å²) in [6.45, 7) is 1.69. The Hall–Kier alpha value is -1.89. The predicted octanol–water partition coefficient (Wildman–Crippen LogP) is 2.09. The van der Waals surface area contributed by atoms with Crippen LogP contribution >= 0.6 is 11.8 Å². The quantitative estimate of drug-likeness (QED) is 0.502. The highest BCUT2D eigenvalue weighted by molar-refractivity contribution is 7.98. The number of aromatic nitrogens is 2. The minimum Gasteiger partial charge on any atom is -0.416 e. The molecule has 0 amide bonds. The molecule has 18 heavy (non-hydrogen) atoms. The number of rotatable bonds is 4. The third-order valence-corrected chi connectivity index (χ3v) is 3.09. The molecular weight excluding hydrogens is 255 g/mol. The van der Waals surface area contributed by atoms with Gasteiger partial charge in [-0.15, -0.1) is 10.2 Å². The Morgan fingerprint density at radius 2 is 2.28 bits per heavy atom. The number of nitrogens with two attached hydrogens (primary N) is 1. The monoisotopic (exact) mass is 266 g/mol. The van der Waals surface area contributed by atoms with Gasteiger partial charge < -0.3 is 10.2 Å². The summed E-state index contributed by atoms with van der Waals surface area (Å²) in [6, 6.07) is 4.46. The Labute approximate surface area is 107 Å². The summed E-state index contributed by atoms with van der Waals surface area (Å²) >= 11 is 1.26. The molecule has 0 aliphatic heterocycles. The van der Waals surface area contributed by atoms with Crippen molar-refractivity contribution in [2.24, 2.45) is 5.73 Å². The molecule has 0 spiro atoms. The molecule has 0 fully saturated rings. The summed E-state index contributed by atoms with van der Waals surface area (Å²) < 4.78 is 18.9. The second-order valence-corrected chi connectivity index (χ2v) is 4.52. The minimum atomic E-state index is -0.397. The summed E-state index contributed by atoms with van der Waals surface area (Å²) in [7, 11) is 0. The first-order chi connectivity index (χ1) is 8.56. The van der Waals surface area contributed by atoms with Gasteiger partial charge in [-0.25, -0.2) is 4.39 Å². The Balaban J connectivity index is 2.08. The van der Waals surface area contributed by atoms with Crippen LogP contribution in [-0.2, 0) is 5.75 Å². The van der Waals surface area contributed by atoms with E-state index in [2.05, 4.69) is 10.2 Å². The molecule has 94 valence electrons. The first kappa shape index (κ1) is 12.6. The highest BCUT2D eigenvalue weighted by Crippen LogP contribution is 2.23. The van der Waals surface area contributed by atoms with E-state index in [1.165, 1.54) is 17.8 Å². The van der Waals surface area contributed by atoms with Gasteiger partial charge in [0, 0.05) is 18.2 Å². The Bertz CT molecular complexity index is 584. The zero-order valence-electron chi connectivity index (χ0n) is 9.61. The van der Waals surface area contributed by atoms with Crippen molar-refractivity contribution in [1.82, 2.24) is 10.2 Å². The molecule has 0 saturated carbocycles. The largest absolute Gasteiger partial charge is 0.416 e. The van der Waals surface area contributed by atoms with E-state index in [1.807, 2.05) is 0 Å². The van der Waals surface area contributed by atoms with Gasteiger partial charge >= 0.3 is 0 Å². The molecule has 0 bridgehead atoms. The number of benzene rings is 1. The van der Waals surface area contributed by atoms with Gasteiger partial charge in [0.25, 0.3) is 5.22 Å². The molecule has 3 N–H and O–H groups in total. The van der Waals surface area contributed by atoms with Crippen molar-refractivity contribution < 1.29 is 8.81 Å². The number of amidine groups is 1. The SMILES string of the molecule is Cc1nnc(SCc2ccc(C(=N)N)cc2F)o1. The summed E-state index contributed by atoms with van der Waals surface area (Å²) in [5.41, 5.74) is 6.15. The third-order valence-electron chi connectivity index (χ3n) is 2.22. The smallest absolute Gasteiger partial charge is 0.276 e. The zero-order chi connectivity index (χ0) is 13.1. The number of nitrogens with one attached hydrogen (secondary N) is 1. The van der Waals surface area contributed by atoms with Crippen LogP contribution in [-0.4, -0.2) is 16.0 Å². The Morgan fingerprint density at radius 1 is 1.50 bits per heavy atom. The summed E-state index contributed by atoms with van der Waals surface area (Å²) in [4.78, 5) is 0. The molecule has 1 heterocycles. The van der Waals surface area contributed by atoms with E-state index in [0.717, 1.165) is 0 Å². The van der Waals surface area contributed by atoms with Gasteiger partial charge in [-0.3, -0.25) is 5.41 Å². The van der Waals surface area contributed by atoms with E-state index in [1.54, 1.807) is 19.1 Å². The van der Waals surface area contributed by atoms with Gasteiger partial charge in [-0.2, -0.15) is 0 Å². The van der Waals surface area contributed by atoms with Gasteiger partial charge in [0.1, 0.15) is 11.7 Å². The fourth-order valence-electron chi connectivity index (χ4n) is 1.31. The molecule has 1 aromatic heterocycles. The lowest BCUT2D eigenvalue weighted by Gasteiger charge is -2.03. The highest BCUT2D eigenvalue weighted by Gasteiger charge is 2.08. The Morgan fingerprint density at radius 3 is 2.83 bits per heavy atom. The lowest BCUT2D eigenvalue weighted by molar-refractivity contribution is 0.429. The lowest BCUT2D eigenvalue weighted by Crippen LogP contribution is -2.11. The zero-order valence-corrected chi connectivity index (χ0v) is 10.4. The first-order valence-corrected chi connectivity index (χ1v) is 6.10. The molecule has 1 aromatic carbocycles. The molecule has 0 unspecified atom stereocenters. The average molecular weight is 266 g/mol. The van der Waals surface area contributed by atoms with E-state index in [9.17, 15) is 4.39 Å². The number of hydrogen-bond donors (Lipinski definition) is 2. The van der Waals surface area contributed by atoms with Crippen molar-refractivity contribution in [2.45, 2.75) is 17.9 Å². The van der Waals surface area contributed by atoms with Crippen molar-refractivity contribution in [2.75, 3.05) is 0 Å². The van der Waals surface area contributed by atoms with Crippen molar-refractivity contribution in [3.63, 3.8) is 0 Å². The maximum atomic E-state index is 13.7. The number of nitrogens with zero attached hydrogens (tertiary/aromatic N) is 2. The van der Waals surface area contributed by atoms with Crippen molar-refractivity contribution in [3.05, 3.63) is 41.0 Å². The van der Waals surface area contributed by atoms with Crippen LogP contribution in [0, 0.1) is 18.2 Å². The highest BCUT2D eigenvalue weighted by atomic mass is 32.2. The fourth-order valence-corrected chi connectivity index (χ4v) is 2.10. The first-order valence-electron chi connectivity index (χ1n) is 5.12. The number of thioether (sulfide) groups is 1. The van der Waals surface area contributed by atoms with E-state index in [4.69, 9.17) is 15.6 Å². The predicted molar refractivity (Wildman–Crippen MR) is 66.0 cm³/mol. The minimum absolute atomic E-state index is 0.152. The molecule has 0 aliphatic rings. The van der Waals surface area contributed by atoms with Crippen LogP contribution in [0.15, 0.2) is 27.8 Å². The standard InChI is InChI=1S/C11H11FN4OS/c1-6-15-16-11(17-6)18-5-8-3-2-7(10(13)14)4-9(8)12/h2-4H,5H2,1H3,(H3,13,14). The summed E-state index contributed by atoms with van der Waals surface area (Å²) in [5.74, 6) is 0.308. The van der Waals surface area contributed by atoms with Crippen LogP contribution in [0.5, 0.6) is 0 Å². The normalized spacial score (nSPS) is 10.6. The molecule has 0 radical (unpaired) electrons. The number of halogens is 1. The molecule has 0 atom stereocenters. The summed E-state index contributed by atoms with van der Waals surface area (Å²) in [5, 5.41) is 15.1. The number of aryl methyl sites for hydroxylation is 1. The van der Waals surface area contributed by atoms with Gasteiger partial charge in [-0.05, 0) is 11.6 Å². The third kappa shape index (κ3) is 2.86. The van der Waals surface area contributed by atoms with Crippen LogP contribution in [0.4, 0.5) is 4.39 Å². The number of nitrogen functional groups attached to an aromatic ring is 1. The second-order valence-electron chi connectivity index (χ2n) is 3.60. The summed E-state index contributed by atoms with van der Waals surface area (Å²) in [6.07, 6.45) is 0. The molecule has 7 heteroatoms. The molecule has 0 saturated heterocycles. The van der Waals surface area contributed by atoms with Crippen molar-refractivity contribution >= 4 is 17.6 Å². The molecule has 0 aliphatic carbocycles. The van der Waals surface area contributed by atoms with E-state index < -0.39 is 5.82 Å². The van der Waals surface area contributed by atoms with Crippen molar-refractivity contribution in [3.8, 4) is 0 Å². The van der Waals surface area contributed by atoms with E-state index in [0.29, 0.717) is 28.0 Å². The maximum absolute atomic E-state index is 13.7. The second kappa shape index (κ2) is 5.18. The van der Waals surface area contributed by atoms with Crippen LogP contribution < -0.4 is 5.73 Å². The van der Waals surface area contributed by atoms with Crippen LogP contribution in [0.2, 0.25) is 0 Å². The number of hydrogen-bond acceptors (Lipinski definition) is 5.